The number of carbonyl (C=O) groups is 1. The van der Waals surface area contributed by atoms with Gasteiger partial charge < -0.3 is 15.1 Å². The molecule has 2 aliphatic rings. The number of nitrogens with one attached hydrogen (secondary N) is 2. The average molecular weight is 649 g/mol. The second-order valence-electron chi connectivity index (χ2n) is 8.10. The van der Waals surface area contributed by atoms with Crippen LogP contribution in [0.3, 0.4) is 0 Å². The SMILES string of the molecule is CCCOC(=O)C1CNN=C(N=Ic2cc3c(cc2NS(=O)(=O)C(F)(F)F)N(C(C)C)CCC3)S1. The van der Waals surface area contributed by atoms with Gasteiger partial charge in [0.05, 0.1) is 22.4 Å². The lowest BCUT2D eigenvalue weighted by Gasteiger charge is -2.35. The number of thioether (sulfide) groups is 1. The number of hydrogen-bond donors (Lipinski definition) is 2. The van der Waals surface area contributed by atoms with Crippen molar-refractivity contribution in [2.75, 3.05) is 29.3 Å². The molecule has 0 aliphatic carbocycles. The first-order valence-corrected chi connectivity index (χ1v) is 15.3. The van der Waals surface area contributed by atoms with Crippen molar-refractivity contribution in [3.63, 3.8) is 0 Å². The second-order valence-corrected chi connectivity index (χ2v) is 13.1. The number of aryl methyl sites for hydroxylation is 1. The van der Waals surface area contributed by atoms with Crippen LogP contribution in [-0.2, 0) is 26.0 Å². The van der Waals surface area contributed by atoms with E-state index in [0.717, 1.165) is 36.7 Å². The number of esters is 1. The summed E-state index contributed by atoms with van der Waals surface area (Å²) in [7, 11) is -5.61. The van der Waals surface area contributed by atoms with Gasteiger partial charge in [0.25, 0.3) is 0 Å². The largest absolute Gasteiger partial charge is 0.516 e. The van der Waals surface area contributed by atoms with E-state index in [9.17, 15) is 26.4 Å². The summed E-state index contributed by atoms with van der Waals surface area (Å²) in [6.45, 7) is 7.12. The molecule has 0 bridgehead atoms. The summed E-state index contributed by atoms with van der Waals surface area (Å²) in [5.41, 5.74) is -1.21. The number of nitrogens with zero attached hydrogens (tertiary/aromatic N) is 3. The Hall–Kier alpha value is -1.62. The number of alkyl halides is 3. The predicted octanol–water partition coefficient (Wildman–Crippen LogP) is 4.36. The van der Waals surface area contributed by atoms with E-state index < -0.39 is 47.8 Å². The quantitative estimate of drug-likeness (QED) is 0.334. The van der Waals surface area contributed by atoms with Gasteiger partial charge in [-0.1, -0.05) is 18.7 Å². The molecule has 0 amide bonds. The molecule has 2 aliphatic heterocycles. The van der Waals surface area contributed by atoms with E-state index >= 15 is 0 Å². The Labute approximate surface area is 216 Å². The number of hydrazone groups is 1. The summed E-state index contributed by atoms with van der Waals surface area (Å²) in [6, 6.07) is 3.31. The molecule has 3 rings (SSSR count). The maximum Gasteiger partial charge on any atom is 0.516 e. The van der Waals surface area contributed by atoms with E-state index in [1.165, 1.54) is 6.07 Å². The number of benzene rings is 1. The molecule has 1 aromatic rings. The molecule has 2 heterocycles. The number of carbonyl (C=O) groups excluding carboxylic acids is 1. The molecule has 1 unspecified atom stereocenters. The number of anilines is 2. The Morgan fingerprint density at radius 3 is 2.83 bits per heavy atom. The summed E-state index contributed by atoms with van der Waals surface area (Å²) in [4.78, 5) is 14.2. The van der Waals surface area contributed by atoms with Gasteiger partial charge in [0.1, 0.15) is 5.25 Å². The second kappa shape index (κ2) is 11.6. The Morgan fingerprint density at radius 1 is 1.43 bits per heavy atom. The van der Waals surface area contributed by atoms with Gasteiger partial charge in [0.15, 0.2) is 0 Å². The molecule has 0 radical (unpaired) electrons. The fourth-order valence-electron chi connectivity index (χ4n) is 3.46. The third kappa shape index (κ3) is 6.99. The average Bonchev–Trinajstić information content (AvgIpc) is 2.79. The molecule has 2 N–H and O–H groups in total. The zero-order chi connectivity index (χ0) is 25.8. The highest BCUT2D eigenvalue weighted by Crippen LogP contribution is 2.38. The van der Waals surface area contributed by atoms with Crippen LogP contribution in [0.2, 0.25) is 0 Å². The molecule has 0 spiro atoms. The number of halogens is 4. The zero-order valence-electron chi connectivity index (χ0n) is 19.4. The van der Waals surface area contributed by atoms with Crippen molar-refractivity contribution in [2.24, 2.45) is 8.25 Å². The van der Waals surface area contributed by atoms with Crippen molar-refractivity contribution in [3.05, 3.63) is 21.3 Å². The first kappa shape index (κ1) is 28.0. The van der Waals surface area contributed by atoms with Crippen LogP contribution < -0.4 is 15.0 Å². The van der Waals surface area contributed by atoms with Crippen molar-refractivity contribution in [1.82, 2.24) is 5.43 Å². The molecule has 0 aromatic heterocycles. The van der Waals surface area contributed by atoms with Gasteiger partial charge >= 0.3 is 21.5 Å². The van der Waals surface area contributed by atoms with Gasteiger partial charge in [0.2, 0.25) is 5.17 Å². The topological polar surface area (TPSA) is 112 Å². The maximum absolute atomic E-state index is 13.1. The molecule has 0 saturated heterocycles. The third-order valence-electron chi connectivity index (χ3n) is 5.11. The normalized spacial score (nSPS) is 19.0. The minimum absolute atomic E-state index is 0.0924. The zero-order valence-corrected chi connectivity index (χ0v) is 23.1. The summed E-state index contributed by atoms with van der Waals surface area (Å²) in [5.74, 6) is -0.397. The van der Waals surface area contributed by atoms with Crippen LogP contribution in [-0.4, -0.2) is 56.1 Å². The summed E-state index contributed by atoms with van der Waals surface area (Å²) in [6.07, 6.45) is 2.29. The Morgan fingerprint density at radius 2 is 2.17 bits per heavy atom. The van der Waals surface area contributed by atoms with Crippen LogP contribution in [0.15, 0.2) is 20.4 Å². The summed E-state index contributed by atoms with van der Waals surface area (Å²) >= 11 is -0.229. The molecule has 196 valence electrons. The number of amidine groups is 1. The Bertz CT molecular complexity index is 1110. The minimum Gasteiger partial charge on any atom is -0.465 e. The van der Waals surface area contributed by atoms with E-state index in [4.69, 9.17) is 4.74 Å². The van der Waals surface area contributed by atoms with Gasteiger partial charge in [-0.3, -0.25) is 9.52 Å². The lowest BCUT2D eigenvalue weighted by molar-refractivity contribution is -0.142. The van der Waals surface area contributed by atoms with E-state index in [2.05, 4.69) is 13.7 Å². The van der Waals surface area contributed by atoms with Crippen LogP contribution in [0.1, 0.15) is 39.2 Å². The highest BCUT2D eigenvalue weighted by Gasteiger charge is 2.46. The van der Waals surface area contributed by atoms with E-state index in [1.807, 2.05) is 25.7 Å². The Balaban J connectivity index is 1.94. The summed E-state index contributed by atoms with van der Waals surface area (Å²) in [5, 5.41) is 3.80. The van der Waals surface area contributed by atoms with Crippen molar-refractivity contribution in [1.29, 1.82) is 0 Å². The highest BCUT2D eigenvalue weighted by atomic mass is 127. The van der Waals surface area contributed by atoms with Crippen LogP contribution in [0.4, 0.5) is 24.5 Å². The molecule has 35 heavy (non-hydrogen) atoms. The predicted molar refractivity (Wildman–Crippen MR) is 139 cm³/mol. The lowest BCUT2D eigenvalue weighted by Crippen LogP contribution is -2.36. The first-order chi connectivity index (χ1) is 16.4. The fourth-order valence-corrected chi connectivity index (χ4v) is 7.16. The smallest absolute Gasteiger partial charge is 0.465 e. The van der Waals surface area contributed by atoms with E-state index in [-0.39, 0.29) is 23.4 Å². The Kier molecular flexibility index (Phi) is 9.28. The minimum atomic E-state index is -5.61. The maximum atomic E-state index is 13.1. The molecule has 1 aromatic carbocycles. The van der Waals surface area contributed by atoms with Gasteiger partial charge in [-0.2, -0.15) is 29.8 Å². The number of ether oxygens (including phenoxy) is 1. The van der Waals surface area contributed by atoms with Crippen molar-refractivity contribution < 1.29 is 31.1 Å². The van der Waals surface area contributed by atoms with E-state index in [1.54, 1.807) is 10.8 Å². The number of hydrogen-bond acceptors (Lipinski definition) is 9. The monoisotopic (exact) mass is 649 g/mol. The number of sulfonamides is 1. The molecule has 1 atom stereocenters. The molecular weight excluding hydrogens is 622 g/mol. The lowest BCUT2D eigenvalue weighted by atomic mass is 10.00. The molecule has 0 fully saturated rings. The van der Waals surface area contributed by atoms with Crippen LogP contribution in [0, 0.1) is 3.57 Å². The standard InChI is InChI=1S/C20H27F3IN5O4S2/c1-4-8-33-18(30)17-11-25-27-19(34-17)26-24-14-9-13-6-5-7-29(12(2)3)16(13)10-15(14)28-35(31,32)20(21,22)23/h9-10,12,17,25,28H,4-8,11H2,1-3H3. The third-order valence-corrected chi connectivity index (χ3v) is 9.68. The van der Waals surface area contributed by atoms with Gasteiger partial charge in [-0.05, 0) is 50.8 Å². The van der Waals surface area contributed by atoms with Crippen molar-refractivity contribution in [3.8, 4) is 0 Å². The van der Waals surface area contributed by atoms with Crippen molar-refractivity contribution in [2.45, 2.75) is 56.8 Å². The van der Waals surface area contributed by atoms with Gasteiger partial charge in [-0.25, -0.2) is 0 Å². The first-order valence-electron chi connectivity index (χ1n) is 10.9. The molecular formula is C20H27F3IN5O4S2. The van der Waals surface area contributed by atoms with Crippen LogP contribution in [0.5, 0.6) is 0 Å². The van der Waals surface area contributed by atoms with Crippen molar-refractivity contribution >= 4 is 65.3 Å². The van der Waals surface area contributed by atoms with Gasteiger partial charge in [0, 0.05) is 39.3 Å². The van der Waals surface area contributed by atoms with Crippen LogP contribution in [0.25, 0.3) is 0 Å². The van der Waals surface area contributed by atoms with Crippen LogP contribution >= 0.6 is 32.8 Å². The van der Waals surface area contributed by atoms with E-state index in [0.29, 0.717) is 22.3 Å². The van der Waals surface area contributed by atoms with Gasteiger partial charge in [-0.15, -0.1) is 0 Å². The number of fused-ring (bicyclic) bond motifs is 1. The fraction of sp³-hybridized carbons (Fsp3) is 0.600. The molecule has 9 nitrogen and oxygen atoms in total. The summed E-state index contributed by atoms with van der Waals surface area (Å²) < 4.78 is 74.9. The highest BCUT2D eigenvalue weighted by molar-refractivity contribution is 14.2. The number of rotatable bonds is 7. The molecule has 0 saturated carbocycles. The molecule has 15 heteroatoms.